The number of alkyl halides is 1. The van der Waals surface area contributed by atoms with Crippen LogP contribution in [0, 0.1) is 0 Å². The lowest BCUT2D eigenvalue weighted by Gasteiger charge is -2.07. The molecule has 0 unspecified atom stereocenters. The van der Waals surface area contributed by atoms with Gasteiger partial charge in [0.2, 0.25) is 15.9 Å². The van der Waals surface area contributed by atoms with E-state index in [1.54, 1.807) is 18.2 Å². The number of hydrogen-bond acceptors (Lipinski definition) is 3. The summed E-state index contributed by atoms with van der Waals surface area (Å²) in [6.07, 6.45) is 0. The van der Waals surface area contributed by atoms with Crippen molar-refractivity contribution in [2.24, 2.45) is 0 Å². The van der Waals surface area contributed by atoms with Crippen LogP contribution in [0.15, 0.2) is 24.3 Å². The molecular formula is C9H11ClN2O3S. The van der Waals surface area contributed by atoms with Crippen molar-refractivity contribution in [2.75, 3.05) is 15.3 Å². The highest BCUT2D eigenvalue weighted by atomic mass is 35.5. The molecule has 1 aromatic carbocycles. The minimum atomic E-state index is -3.52. The van der Waals surface area contributed by atoms with Gasteiger partial charge >= 0.3 is 0 Å². The van der Waals surface area contributed by atoms with Gasteiger partial charge in [0.15, 0.2) is 0 Å². The number of rotatable bonds is 4. The van der Waals surface area contributed by atoms with Crippen molar-refractivity contribution in [2.45, 2.75) is 6.92 Å². The molecule has 2 N–H and O–H groups in total. The van der Waals surface area contributed by atoms with Crippen molar-refractivity contribution in [3.63, 3.8) is 0 Å². The first-order valence-electron chi connectivity index (χ1n) is 4.37. The summed E-state index contributed by atoms with van der Waals surface area (Å²) in [4.78, 5) is 10.8. The standard InChI is InChI=1S/C9H11ClN2O3S/c1-7(13)11-8-3-2-4-9(5-8)12-16(14,15)6-10/h2-5,12H,6H2,1H3,(H,11,13). The molecule has 7 heteroatoms. The highest BCUT2D eigenvalue weighted by Gasteiger charge is 2.08. The second-order valence-electron chi connectivity index (χ2n) is 3.09. The maximum Gasteiger partial charge on any atom is 0.246 e. The van der Waals surface area contributed by atoms with Gasteiger partial charge in [-0.1, -0.05) is 6.07 Å². The average Bonchev–Trinajstić information content (AvgIpc) is 2.16. The van der Waals surface area contributed by atoms with Crippen LogP contribution in [0.4, 0.5) is 11.4 Å². The summed E-state index contributed by atoms with van der Waals surface area (Å²) in [5, 5.41) is 2.03. The van der Waals surface area contributed by atoms with Crippen LogP contribution in [0.1, 0.15) is 6.92 Å². The van der Waals surface area contributed by atoms with Gasteiger partial charge < -0.3 is 5.32 Å². The normalized spacial score (nSPS) is 10.9. The van der Waals surface area contributed by atoms with Crippen LogP contribution in [-0.4, -0.2) is 19.5 Å². The van der Waals surface area contributed by atoms with Gasteiger partial charge in [-0.2, -0.15) is 0 Å². The largest absolute Gasteiger partial charge is 0.326 e. The Morgan fingerprint density at radius 3 is 2.56 bits per heavy atom. The molecule has 0 bridgehead atoms. The summed E-state index contributed by atoms with van der Waals surface area (Å²) >= 11 is 5.25. The molecule has 16 heavy (non-hydrogen) atoms. The number of benzene rings is 1. The van der Waals surface area contributed by atoms with E-state index in [9.17, 15) is 13.2 Å². The molecule has 0 aliphatic carbocycles. The predicted molar refractivity (Wildman–Crippen MR) is 64.0 cm³/mol. The third kappa shape index (κ3) is 4.08. The SMILES string of the molecule is CC(=O)Nc1cccc(NS(=O)(=O)CCl)c1. The quantitative estimate of drug-likeness (QED) is 0.809. The van der Waals surface area contributed by atoms with Gasteiger partial charge in [-0.3, -0.25) is 9.52 Å². The zero-order chi connectivity index (χ0) is 12.2. The van der Waals surface area contributed by atoms with Crippen molar-refractivity contribution in [3.05, 3.63) is 24.3 Å². The molecule has 88 valence electrons. The second-order valence-corrected chi connectivity index (χ2v) is 5.39. The number of anilines is 2. The summed E-state index contributed by atoms with van der Waals surface area (Å²) in [6.45, 7) is 1.37. The lowest BCUT2D eigenvalue weighted by molar-refractivity contribution is -0.114. The lowest BCUT2D eigenvalue weighted by atomic mass is 10.3. The fourth-order valence-electron chi connectivity index (χ4n) is 1.07. The summed E-state index contributed by atoms with van der Waals surface area (Å²) in [6, 6.07) is 6.35. The molecule has 0 saturated heterocycles. The molecule has 0 radical (unpaired) electrons. The molecule has 0 aliphatic heterocycles. The zero-order valence-corrected chi connectivity index (χ0v) is 10.1. The molecule has 0 aliphatic rings. The second kappa shape index (κ2) is 5.18. The molecule has 0 atom stereocenters. The molecule has 0 spiro atoms. The third-order valence-electron chi connectivity index (χ3n) is 1.60. The summed E-state index contributed by atoms with van der Waals surface area (Å²) in [5.41, 5.74) is 0.870. The fourth-order valence-corrected chi connectivity index (χ4v) is 1.77. The van der Waals surface area contributed by atoms with Crippen LogP contribution >= 0.6 is 11.6 Å². The zero-order valence-electron chi connectivity index (χ0n) is 8.53. The Hall–Kier alpha value is -1.27. The Labute approximate surface area is 98.9 Å². The predicted octanol–water partition coefficient (Wildman–Crippen LogP) is 1.58. The van der Waals surface area contributed by atoms with Crippen molar-refractivity contribution in [3.8, 4) is 0 Å². The van der Waals surface area contributed by atoms with E-state index in [1.807, 2.05) is 0 Å². The number of carbonyl (C=O) groups excluding carboxylic acids is 1. The number of amides is 1. The average molecular weight is 263 g/mol. The number of halogens is 1. The molecule has 0 saturated carbocycles. The third-order valence-corrected chi connectivity index (χ3v) is 3.30. The number of hydrogen-bond donors (Lipinski definition) is 2. The molecule has 1 aromatic rings. The smallest absolute Gasteiger partial charge is 0.246 e. The molecule has 5 nitrogen and oxygen atoms in total. The first kappa shape index (κ1) is 12.8. The van der Waals surface area contributed by atoms with Crippen LogP contribution in [0.5, 0.6) is 0 Å². The van der Waals surface area contributed by atoms with E-state index in [0.717, 1.165) is 0 Å². The molecule has 0 fully saturated rings. The van der Waals surface area contributed by atoms with Crippen LogP contribution in [-0.2, 0) is 14.8 Å². The van der Waals surface area contributed by atoms with E-state index in [-0.39, 0.29) is 5.91 Å². The van der Waals surface area contributed by atoms with E-state index < -0.39 is 15.2 Å². The monoisotopic (exact) mass is 262 g/mol. The first-order valence-corrected chi connectivity index (χ1v) is 6.56. The van der Waals surface area contributed by atoms with E-state index in [1.165, 1.54) is 13.0 Å². The Bertz CT molecular complexity index is 487. The van der Waals surface area contributed by atoms with Gasteiger partial charge in [-0.15, -0.1) is 11.6 Å². The Kier molecular flexibility index (Phi) is 4.14. The van der Waals surface area contributed by atoms with Gasteiger partial charge in [0.1, 0.15) is 5.21 Å². The van der Waals surface area contributed by atoms with Gasteiger partial charge in [-0.25, -0.2) is 8.42 Å². The molecular weight excluding hydrogens is 252 g/mol. The Morgan fingerprint density at radius 1 is 1.38 bits per heavy atom. The number of nitrogens with one attached hydrogen (secondary N) is 2. The van der Waals surface area contributed by atoms with Crippen molar-refractivity contribution in [1.29, 1.82) is 0 Å². The van der Waals surface area contributed by atoms with Crippen molar-refractivity contribution >= 4 is 38.9 Å². The van der Waals surface area contributed by atoms with E-state index >= 15 is 0 Å². The topological polar surface area (TPSA) is 75.3 Å². The van der Waals surface area contributed by atoms with E-state index in [4.69, 9.17) is 11.6 Å². The van der Waals surface area contributed by atoms with Gasteiger partial charge in [-0.05, 0) is 18.2 Å². The highest BCUT2D eigenvalue weighted by molar-refractivity contribution is 7.93. The van der Waals surface area contributed by atoms with E-state index in [0.29, 0.717) is 11.4 Å². The highest BCUT2D eigenvalue weighted by Crippen LogP contribution is 2.16. The van der Waals surface area contributed by atoms with Crippen molar-refractivity contribution in [1.82, 2.24) is 0 Å². The number of carbonyl (C=O) groups is 1. The van der Waals surface area contributed by atoms with Crippen LogP contribution < -0.4 is 10.0 Å². The molecule has 0 heterocycles. The van der Waals surface area contributed by atoms with Gasteiger partial charge in [0.05, 0.1) is 5.69 Å². The maximum atomic E-state index is 11.2. The maximum absolute atomic E-state index is 11.2. The minimum Gasteiger partial charge on any atom is -0.326 e. The van der Waals surface area contributed by atoms with E-state index in [2.05, 4.69) is 10.0 Å². The summed E-state index contributed by atoms with van der Waals surface area (Å²) in [5.74, 6) is -0.225. The van der Waals surface area contributed by atoms with Crippen LogP contribution in [0.3, 0.4) is 0 Å². The Balaban J connectivity index is 2.87. The minimum absolute atomic E-state index is 0.225. The van der Waals surface area contributed by atoms with Crippen LogP contribution in [0.2, 0.25) is 0 Å². The molecule has 1 rings (SSSR count). The van der Waals surface area contributed by atoms with Crippen LogP contribution in [0.25, 0.3) is 0 Å². The van der Waals surface area contributed by atoms with Crippen molar-refractivity contribution < 1.29 is 13.2 Å². The summed E-state index contributed by atoms with van der Waals surface area (Å²) < 4.78 is 24.6. The van der Waals surface area contributed by atoms with Gasteiger partial charge in [0, 0.05) is 12.6 Å². The fraction of sp³-hybridized carbons (Fsp3) is 0.222. The number of sulfonamides is 1. The Morgan fingerprint density at radius 2 is 2.00 bits per heavy atom. The first-order chi connectivity index (χ1) is 7.43. The molecule has 0 aromatic heterocycles. The summed E-state index contributed by atoms with van der Waals surface area (Å²) in [7, 11) is -3.52. The van der Waals surface area contributed by atoms with Gasteiger partial charge in [0.25, 0.3) is 0 Å². The lowest BCUT2D eigenvalue weighted by Crippen LogP contribution is -2.13. The molecule has 1 amide bonds.